The van der Waals surface area contributed by atoms with Crippen molar-refractivity contribution in [1.29, 1.82) is 0 Å². The molecule has 2 aromatic rings. The van der Waals surface area contributed by atoms with Gasteiger partial charge in [-0.25, -0.2) is 13.1 Å². The fourth-order valence-electron chi connectivity index (χ4n) is 1.61. The molecule has 96 valence electrons. The second-order valence-corrected chi connectivity index (χ2v) is 5.66. The van der Waals surface area contributed by atoms with Gasteiger partial charge in [-0.1, -0.05) is 18.2 Å². The summed E-state index contributed by atoms with van der Waals surface area (Å²) >= 11 is 0. The fourth-order valence-corrected chi connectivity index (χ4v) is 2.70. The fraction of sp³-hybridized carbons (Fsp3) is 0.231. The van der Waals surface area contributed by atoms with Crippen LogP contribution in [-0.2, 0) is 16.4 Å². The van der Waals surface area contributed by atoms with Gasteiger partial charge in [-0.05, 0) is 30.7 Å². The van der Waals surface area contributed by atoms with Crippen LogP contribution in [0, 0.1) is 0 Å². The number of hydrogen-bond donors (Lipinski definition) is 1. The van der Waals surface area contributed by atoms with Gasteiger partial charge in [0.1, 0.15) is 5.76 Å². The smallest absolute Gasteiger partial charge is 0.240 e. The zero-order chi connectivity index (χ0) is 12.8. The molecule has 0 aliphatic carbocycles. The van der Waals surface area contributed by atoms with Crippen molar-refractivity contribution in [3.8, 4) is 0 Å². The van der Waals surface area contributed by atoms with Gasteiger partial charge in [0.2, 0.25) is 10.0 Å². The van der Waals surface area contributed by atoms with Crippen LogP contribution in [0.3, 0.4) is 0 Å². The van der Waals surface area contributed by atoms with Crippen LogP contribution in [-0.4, -0.2) is 15.0 Å². The molecule has 5 heteroatoms. The number of hydrogen-bond acceptors (Lipinski definition) is 3. The average molecular weight is 265 g/mol. The number of rotatable bonds is 6. The summed E-state index contributed by atoms with van der Waals surface area (Å²) in [6.07, 6.45) is 3.05. The molecule has 0 saturated heterocycles. The highest BCUT2D eigenvalue weighted by molar-refractivity contribution is 7.89. The van der Waals surface area contributed by atoms with E-state index in [1.165, 1.54) is 0 Å². The minimum absolute atomic E-state index is 0.294. The van der Waals surface area contributed by atoms with E-state index in [1.54, 1.807) is 36.6 Å². The minimum Gasteiger partial charge on any atom is -0.469 e. The van der Waals surface area contributed by atoms with E-state index in [0.717, 1.165) is 12.2 Å². The van der Waals surface area contributed by atoms with E-state index in [-0.39, 0.29) is 0 Å². The van der Waals surface area contributed by atoms with E-state index >= 15 is 0 Å². The highest BCUT2D eigenvalue weighted by Crippen LogP contribution is 2.07. The van der Waals surface area contributed by atoms with Crippen molar-refractivity contribution in [2.75, 3.05) is 6.54 Å². The van der Waals surface area contributed by atoms with Gasteiger partial charge in [0.05, 0.1) is 11.2 Å². The van der Waals surface area contributed by atoms with E-state index in [2.05, 4.69) is 4.72 Å². The molecule has 2 rings (SSSR count). The van der Waals surface area contributed by atoms with Gasteiger partial charge >= 0.3 is 0 Å². The van der Waals surface area contributed by atoms with Crippen molar-refractivity contribution >= 4 is 10.0 Å². The van der Waals surface area contributed by atoms with Crippen molar-refractivity contribution in [2.45, 2.75) is 17.7 Å². The molecule has 0 bridgehead atoms. The summed E-state index contributed by atoms with van der Waals surface area (Å²) in [5.74, 6) is 0.869. The van der Waals surface area contributed by atoms with Gasteiger partial charge in [-0.15, -0.1) is 0 Å². The monoisotopic (exact) mass is 265 g/mol. The standard InChI is InChI=1S/C13H15NO3S/c15-18(16,13-8-2-1-3-9-13)14-10-4-6-12-7-5-11-17-12/h1-3,5,7-9,11,14H,4,6,10H2. The van der Waals surface area contributed by atoms with Crippen molar-refractivity contribution < 1.29 is 12.8 Å². The molecule has 0 unspecified atom stereocenters. The normalized spacial score (nSPS) is 11.6. The van der Waals surface area contributed by atoms with E-state index in [1.807, 2.05) is 12.1 Å². The first kappa shape index (κ1) is 12.9. The Balaban J connectivity index is 1.83. The predicted molar refractivity (Wildman–Crippen MR) is 68.7 cm³/mol. The molecule has 0 spiro atoms. The second-order valence-electron chi connectivity index (χ2n) is 3.89. The lowest BCUT2D eigenvalue weighted by Gasteiger charge is -2.05. The molecular weight excluding hydrogens is 250 g/mol. The summed E-state index contributed by atoms with van der Waals surface area (Å²) in [6.45, 7) is 0.401. The quantitative estimate of drug-likeness (QED) is 0.814. The molecule has 0 amide bonds. The van der Waals surface area contributed by atoms with Crippen LogP contribution in [0.4, 0.5) is 0 Å². The van der Waals surface area contributed by atoms with Crippen LogP contribution in [0.2, 0.25) is 0 Å². The van der Waals surface area contributed by atoms with Gasteiger partial charge in [0.15, 0.2) is 0 Å². The van der Waals surface area contributed by atoms with Crippen LogP contribution >= 0.6 is 0 Å². The van der Waals surface area contributed by atoms with Gasteiger partial charge in [0, 0.05) is 13.0 Å². The molecule has 0 fully saturated rings. The Bertz CT molecular complexity index is 562. The predicted octanol–water partition coefficient (Wildman–Crippen LogP) is 2.19. The third-order valence-corrected chi connectivity index (χ3v) is 4.00. The lowest BCUT2D eigenvalue weighted by atomic mass is 10.2. The Morgan fingerprint density at radius 2 is 1.83 bits per heavy atom. The largest absolute Gasteiger partial charge is 0.469 e. The maximum Gasteiger partial charge on any atom is 0.240 e. The van der Waals surface area contributed by atoms with Crippen LogP contribution in [0.5, 0.6) is 0 Å². The van der Waals surface area contributed by atoms with E-state index in [4.69, 9.17) is 4.42 Å². The molecule has 0 saturated carbocycles. The third kappa shape index (κ3) is 3.45. The number of furan rings is 1. The number of benzene rings is 1. The Kier molecular flexibility index (Phi) is 4.17. The molecule has 1 aromatic carbocycles. The number of aryl methyl sites for hydroxylation is 1. The van der Waals surface area contributed by atoms with E-state index in [0.29, 0.717) is 17.9 Å². The average Bonchev–Trinajstić information content (AvgIpc) is 2.89. The van der Waals surface area contributed by atoms with E-state index in [9.17, 15) is 8.42 Å². The first-order chi connectivity index (χ1) is 8.68. The van der Waals surface area contributed by atoms with E-state index < -0.39 is 10.0 Å². The molecule has 4 nitrogen and oxygen atoms in total. The van der Waals surface area contributed by atoms with Crippen molar-refractivity contribution in [2.24, 2.45) is 0 Å². The summed E-state index contributed by atoms with van der Waals surface area (Å²) < 4.78 is 31.5. The van der Waals surface area contributed by atoms with Gasteiger partial charge in [-0.3, -0.25) is 0 Å². The Morgan fingerprint density at radius 1 is 1.06 bits per heavy atom. The summed E-state index contributed by atoms with van der Waals surface area (Å²) in [4.78, 5) is 0.294. The summed E-state index contributed by atoms with van der Waals surface area (Å²) in [5.41, 5.74) is 0. The number of nitrogens with one attached hydrogen (secondary N) is 1. The third-order valence-electron chi connectivity index (χ3n) is 2.53. The van der Waals surface area contributed by atoms with Crippen LogP contribution < -0.4 is 4.72 Å². The summed E-state index contributed by atoms with van der Waals surface area (Å²) in [6, 6.07) is 12.1. The first-order valence-electron chi connectivity index (χ1n) is 5.75. The molecular formula is C13H15NO3S. The van der Waals surface area contributed by atoms with Crippen molar-refractivity contribution in [3.63, 3.8) is 0 Å². The molecule has 0 radical (unpaired) electrons. The van der Waals surface area contributed by atoms with Gasteiger partial charge < -0.3 is 4.42 Å². The summed E-state index contributed by atoms with van der Waals surface area (Å²) in [5, 5.41) is 0. The molecule has 0 atom stereocenters. The minimum atomic E-state index is -3.38. The lowest BCUT2D eigenvalue weighted by Crippen LogP contribution is -2.25. The zero-order valence-electron chi connectivity index (χ0n) is 9.87. The highest BCUT2D eigenvalue weighted by Gasteiger charge is 2.11. The Morgan fingerprint density at radius 3 is 2.50 bits per heavy atom. The van der Waals surface area contributed by atoms with Gasteiger partial charge in [-0.2, -0.15) is 0 Å². The molecule has 0 aliphatic heterocycles. The van der Waals surface area contributed by atoms with Crippen LogP contribution in [0.25, 0.3) is 0 Å². The molecule has 0 aliphatic rings. The van der Waals surface area contributed by atoms with Crippen LogP contribution in [0.15, 0.2) is 58.0 Å². The topological polar surface area (TPSA) is 59.3 Å². The zero-order valence-corrected chi connectivity index (χ0v) is 10.7. The number of sulfonamides is 1. The first-order valence-corrected chi connectivity index (χ1v) is 7.24. The Labute approximate surface area is 107 Å². The SMILES string of the molecule is O=S(=O)(NCCCc1ccco1)c1ccccc1. The second kappa shape index (κ2) is 5.84. The Hall–Kier alpha value is -1.59. The maximum absolute atomic E-state index is 11.9. The lowest BCUT2D eigenvalue weighted by molar-refractivity contribution is 0.500. The molecule has 1 heterocycles. The molecule has 1 aromatic heterocycles. The van der Waals surface area contributed by atoms with Gasteiger partial charge in [0.25, 0.3) is 0 Å². The van der Waals surface area contributed by atoms with Crippen LogP contribution in [0.1, 0.15) is 12.2 Å². The molecule has 18 heavy (non-hydrogen) atoms. The molecule has 1 N–H and O–H groups in total. The van der Waals surface area contributed by atoms with Crippen molar-refractivity contribution in [3.05, 3.63) is 54.5 Å². The maximum atomic E-state index is 11.9. The highest BCUT2D eigenvalue weighted by atomic mass is 32.2. The summed E-state index contributed by atoms with van der Waals surface area (Å²) in [7, 11) is -3.38. The van der Waals surface area contributed by atoms with Crippen molar-refractivity contribution in [1.82, 2.24) is 4.72 Å².